The zero-order chi connectivity index (χ0) is 39.1. The number of pyridine rings is 1. The molecule has 0 amide bonds. The lowest BCUT2D eigenvalue weighted by atomic mass is 10.0. The van der Waals surface area contributed by atoms with Crippen molar-refractivity contribution in [1.29, 1.82) is 0 Å². The van der Waals surface area contributed by atoms with E-state index in [2.05, 4.69) is 83.7 Å². The topological polar surface area (TPSA) is 130 Å². The Labute approximate surface area is 325 Å². The summed E-state index contributed by atoms with van der Waals surface area (Å²) in [5.41, 5.74) is 22.4. The third kappa shape index (κ3) is 10.1. The number of ether oxygens (including phenoxy) is 2. The van der Waals surface area contributed by atoms with E-state index in [1.54, 1.807) is 6.07 Å². The van der Waals surface area contributed by atoms with Crippen molar-refractivity contribution in [2.45, 2.75) is 59.9 Å². The largest absolute Gasteiger partial charge is 0.444 e. The Balaban J connectivity index is 1.04. The van der Waals surface area contributed by atoms with Crippen molar-refractivity contribution in [3.63, 3.8) is 0 Å². The van der Waals surface area contributed by atoms with Crippen LogP contribution in [0.15, 0.2) is 72.8 Å². The van der Waals surface area contributed by atoms with Gasteiger partial charge in [-0.15, -0.1) is 0 Å². The highest BCUT2D eigenvalue weighted by Crippen LogP contribution is 2.26. The van der Waals surface area contributed by atoms with Crippen LogP contribution in [0.5, 0.6) is 0 Å². The van der Waals surface area contributed by atoms with E-state index in [0.717, 1.165) is 69.4 Å². The molecule has 0 aliphatic carbocycles. The van der Waals surface area contributed by atoms with E-state index in [4.69, 9.17) is 25.9 Å². The smallest absolute Gasteiger partial charge is 0.342 e. The lowest BCUT2D eigenvalue weighted by Crippen LogP contribution is -2.47. The third-order valence-electron chi connectivity index (χ3n) is 11.2. The molecule has 11 heteroatoms. The van der Waals surface area contributed by atoms with Crippen LogP contribution >= 0.6 is 0 Å². The number of anilines is 2. The average molecular weight is 748 g/mol. The number of esters is 2. The molecule has 2 atom stereocenters. The molecular weight excluding hydrogens is 691 g/mol. The number of fused-ring (bicyclic) bond motifs is 1. The molecule has 4 N–H and O–H groups in total. The van der Waals surface area contributed by atoms with Gasteiger partial charge in [0.15, 0.2) is 12.5 Å². The maximum absolute atomic E-state index is 13.8. The molecule has 3 aromatic carbocycles. The van der Waals surface area contributed by atoms with E-state index < -0.39 is 24.4 Å². The molecule has 2 unspecified atom stereocenters. The van der Waals surface area contributed by atoms with Crippen molar-refractivity contribution < 1.29 is 19.1 Å². The summed E-state index contributed by atoms with van der Waals surface area (Å²) in [6.07, 6.45) is 0.326. The van der Waals surface area contributed by atoms with Gasteiger partial charge < -0.3 is 19.3 Å². The molecular formula is C44H57N7O4. The Hall–Kier alpha value is -4.81. The van der Waals surface area contributed by atoms with Crippen LogP contribution in [0, 0.1) is 34.6 Å². The number of aryl methyl sites for hydroxylation is 3. The zero-order valence-corrected chi connectivity index (χ0v) is 33.1. The van der Waals surface area contributed by atoms with E-state index in [-0.39, 0.29) is 5.57 Å². The van der Waals surface area contributed by atoms with Gasteiger partial charge >= 0.3 is 11.9 Å². The Bertz CT molecular complexity index is 2000. The minimum absolute atomic E-state index is 0.0220. The maximum atomic E-state index is 13.8. The normalized spacial score (nSPS) is 17.0. The molecule has 2 aliphatic rings. The fourth-order valence-electron chi connectivity index (χ4n) is 7.55. The van der Waals surface area contributed by atoms with Gasteiger partial charge in [0.05, 0.1) is 16.8 Å². The van der Waals surface area contributed by atoms with Crippen LogP contribution in [0.2, 0.25) is 0 Å². The number of carbonyl (C=O) groups is 2. The van der Waals surface area contributed by atoms with Crippen LogP contribution in [0.4, 0.5) is 11.4 Å². The van der Waals surface area contributed by atoms with Crippen molar-refractivity contribution in [3.8, 4) is 0 Å². The van der Waals surface area contributed by atoms with Crippen molar-refractivity contribution >= 4 is 39.8 Å². The van der Waals surface area contributed by atoms with Gasteiger partial charge in [-0.1, -0.05) is 42.5 Å². The summed E-state index contributed by atoms with van der Waals surface area (Å²) in [6, 6.07) is 22.3. The number of aromatic nitrogens is 1. The molecule has 6 rings (SSSR count). The number of carbonyl (C=O) groups excluding carboxylic acids is 2. The number of hydrogen-bond donors (Lipinski definition) is 2. The predicted molar refractivity (Wildman–Crippen MR) is 221 cm³/mol. The average Bonchev–Trinajstić information content (AvgIpc) is 3.18. The lowest BCUT2D eigenvalue weighted by Gasteiger charge is -2.37. The first-order valence-electron chi connectivity index (χ1n) is 19.5. The van der Waals surface area contributed by atoms with E-state index >= 15 is 0 Å². The quantitative estimate of drug-likeness (QED) is 0.106. The number of benzene rings is 3. The van der Waals surface area contributed by atoms with Crippen molar-refractivity contribution in [2.24, 2.45) is 11.5 Å². The van der Waals surface area contributed by atoms with Crippen molar-refractivity contribution in [3.05, 3.63) is 106 Å². The first kappa shape index (κ1) is 39.9. The summed E-state index contributed by atoms with van der Waals surface area (Å²) in [5.74, 6) is -1.47. The summed E-state index contributed by atoms with van der Waals surface area (Å²) in [6.45, 7) is 19.1. The van der Waals surface area contributed by atoms with Gasteiger partial charge in [0.2, 0.25) is 0 Å². The fourth-order valence-corrected chi connectivity index (χ4v) is 7.55. The summed E-state index contributed by atoms with van der Waals surface area (Å²) >= 11 is 0. The van der Waals surface area contributed by atoms with Crippen LogP contribution in [0.3, 0.4) is 0 Å². The molecule has 55 heavy (non-hydrogen) atoms. The molecule has 11 nitrogen and oxygen atoms in total. The lowest BCUT2D eigenvalue weighted by molar-refractivity contribution is -0.145. The minimum Gasteiger partial charge on any atom is -0.444 e. The van der Waals surface area contributed by atoms with E-state index in [1.165, 1.54) is 33.6 Å². The van der Waals surface area contributed by atoms with E-state index in [1.807, 2.05) is 31.2 Å². The van der Waals surface area contributed by atoms with Crippen LogP contribution < -0.4 is 21.3 Å². The summed E-state index contributed by atoms with van der Waals surface area (Å²) in [5, 5.41) is 0.952. The molecule has 0 bridgehead atoms. The third-order valence-corrected chi connectivity index (χ3v) is 11.2. The monoisotopic (exact) mass is 747 g/mol. The number of piperazine rings is 2. The number of nitrogens with two attached hydrogens (primary N) is 2. The molecule has 2 saturated heterocycles. The van der Waals surface area contributed by atoms with Gasteiger partial charge in [-0.05, 0) is 86.7 Å². The van der Waals surface area contributed by atoms with Gasteiger partial charge in [0.25, 0.3) is 0 Å². The Kier molecular flexibility index (Phi) is 13.2. The standard InChI is InChI=1S/C44H57N7O4/c1-30-10-8-14-39(33(30)4)50-24-20-48(21-25-50)18-16-41(45)54-43(52)29-36(38-28-32(3)35-12-6-7-13-37(35)47-38)44(53)55-42(46)17-19-49-22-26-51(27-23-49)40-15-9-11-31(2)34(40)5/h6-15,28-29,41-42H,16-27,45-46H2,1-5H3/b36-29+. The maximum Gasteiger partial charge on any atom is 0.342 e. The van der Waals surface area contributed by atoms with Gasteiger partial charge in [0.1, 0.15) is 0 Å². The van der Waals surface area contributed by atoms with Crippen LogP contribution in [-0.2, 0) is 19.1 Å². The number of rotatable bonds is 13. The number of nitrogens with zero attached hydrogens (tertiary/aromatic N) is 5. The van der Waals surface area contributed by atoms with Gasteiger partial charge in [-0.3, -0.25) is 21.3 Å². The SMILES string of the molecule is Cc1cccc(N2CCN(CCC(N)OC(=O)/C=C(/C(=O)OC(N)CCN3CCN(c4cccc(C)c4C)CC3)c3cc(C)c4ccccc4n3)CC2)c1C. The minimum atomic E-state index is -0.872. The fraction of sp³-hybridized carbons (Fsp3) is 0.432. The Morgan fingerprint density at radius 1 is 0.673 bits per heavy atom. The second-order valence-electron chi connectivity index (χ2n) is 15.0. The first-order valence-corrected chi connectivity index (χ1v) is 19.5. The summed E-state index contributed by atoms with van der Waals surface area (Å²) in [7, 11) is 0. The molecule has 3 heterocycles. The second kappa shape index (κ2) is 18.2. The van der Waals surface area contributed by atoms with Crippen LogP contribution in [-0.4, -0.2) is 105 Å². The van der Waals surface area contributed by atoms with Gasteiger partial charge in [0, 0.05) is 101 Å². The second-order valence-corrected chi connectivity index (χ2v) is 15.0. The summed E-state index contributed by atoms with van der Waals surface area (Å²) in [4.78, 5) is 41.3. The number of hydrogen-bond acceptors (Lipinski definition) is 11. The molecule has 4 aromatic rings. The Morgan fingerprint density at radius 2 is 1.18 bits per heavy atom. The van der Waals surface area contributed by atoms with E-state index in [0.29, 0.717) is 37.1 Å². The molecule has 0 spiro atoms. The molecule has 2 aliphatic heterocycles. The molecule has 2 fully saturated rings. The van der Waals surface area contributed by atoms with Crippen LogP contribution in [0.25, 0.3) is 16.5 Å². The molecule has 0 saturated carbocycles. The van der Waals surface area contributed by atoms with Crippen LogP contribution in [0.1, 0.15) is 46.4 Å². The summed E-state index contributed by atoms with van der Waals surface area (Å²) < 4.78 is 11.4. The van der Waals surface area contributed by atoms with Gasteiger partial charge in [-0.2, -0.15) is 0 Å². The van der Waals surface area contributed by atoms with Crippen molar-refractivity contribution in [1.82, 2.24) is 14.8 Å². The Morgan fingerprint density at radius 3 is 1.73 bits per heavy atom. The predicted octanol–water partition coefficient (Wildman–Crippen LogP) is 5.24. The first-order chi connectivity index (χ1) is 26.5. The highest BCUT2D eigenvalue weighted by atomic mass is 16.6. The number of para-hydroxylation sites is 1. The molecule has 0 radical (unpaired) electrons. The van der Waals surface area contributed by atoms with Crippen molar-refractivity contribution in [2.75, 3.05) is 75.2 Å². The zero-order valence-electron chi connectivity index (χ0n) is 33.1. The molecule has 292 valence electrons. The van der Waals surface area contributed by atoms with E-state index in [9.17, 15) is 9.59 Å². The molecule has 1 aromatic heterocycles. The van der Waals surface area contributed by atoms with Gasteiger partial charge in [-0.25, -0.2) is 14.6 Å². The highest BCUT2D eigenvalue weighted by Gasteiger charge is 2.25. The highest BCUT2D eigenvalue weighted by molar-refractivity contribution is 6.20.